The molecule has 0 spiro atoms. The molecular formula is C13H18BrNO4. The first kappa shape index (κ1) is 15.8. The van der Waals surface area contributed by atoms with Gasteiger partial charge in [-0.3, -0.25) is 4.79 Å². The molecule has 0 aromatic heterocycles. The number of ether oxygens (including phenoxy) is 3. The van der Waals surface area contributed by atoms with E-state index in [1.807, 2.05) is 12.1 Å². The van der Waals surface area contributed by atoms with Gasteiger partial charge in [0.05, 0.1) is 27.8 Å². The molecule has 0 bridgehead atoms. The van der Waals surface area contributed by atoms with Crippen molar-refractivity contribution in [2.75, 3.05) is 27.9 Å². The van der Waals surface area contributed by atoms with Gasteiger partial charge in [-0.15, -0.1) is 0 Å². The number of carbonyl (C=O) groups is 1. The Bertz CT molecular complexity index is 437. The molecule has 0 radical (unpaired) electrons. The van der Waals surface area contributed by atoms with Gasteiger partial charge < -0.3 is 19.5 Å². The molecular weight excluding hydrogens is 314 g/mol. The second kappa shape index (κ2) is 8.01. The van der Waals surface area contributed by atoms with Crippen LogP contribution in [0.4, 0.5) is 0 Å². The lowest BCUT2D eigenvalue weighted by Gasteiger charge is -2.12. The van der Waals surface area contributed by atoms with Crippen LogP contribution in [0.5, 0.6) is 11.5 Å². The van der Waals surface area contributed by atoms with Gasteiger partial charge in [-0.2, -0.15) is 0 Å². The predicted octanol–water partition coefficient (Wildman–Crippen LogP) is 2.12. The average Bonchev–Trinajstić information content (AvgIpc) is 2.43. The van der Waals surface area contributed by atoms with Crippen LogP contribution in [-0.2, 0) is 16.1 Å². The normalized spacial score (nSPS) is 10.1. The van der Waals surface area contributed by atoms with Gasteiger partial charge in [0.25, 0.3) is 0 Å². The van der Waals surface area contributed by atoms with Gasteiger partial charge in [-0.05, 0) is 17.7 Å². The molecule has 0 atom stereocenters. The van der Waals surface area contributed by atoms with Gasteiger partial charge in [0.1, 0.15) is 0 Å². The van der Waals surface area contributed by atoms with Crippen molar-refractivity contribution in [1.29, 1.82) is 0 Å². The highest BCUT2D eigenvalue weighted by Gasteiger charge is 2.09. The van der Waals surface area contributed by atoms with Crippen LogP contribution in [0.2, 0.25) is 0 Å². The summed E-state index contributed by atoms with van der Waals surface area (Å²) in [6, 6.07) is 3.75. The molecule has 1 aromatic rings. The molecule has 106 valence electrons. The number of nitrogens with one attached hydrogen (secondary N) is 1. The standard InChI is InChI=1S/C13H18BrNO4/c1-17-11-6-9(10(14)7-12(11)18-2)8-15-5-4-13(16)19-3/h6-7,15H,4-5,8H2,1-3H3. The van der Waals surface area contributed by atoms with E-state index in [1.54, 1.807) is 14.2 Å². The van der Waals surface area contributed by atoms with Gasteiger partial charge >= 0.3 is 5.97 Å². The van der Waals surface area contributed by atoms with Crippen LogP contribution in [0.15, 0.2) is 16.6 Å². The van der Waals surface area contributed by atoms with Crippen LogP contribution in [0.25, 0.3) is 0 Å². The van der Waals surface area contributed by atoms with Gasteiger partial charge in [0.2, 0.25) is 0 Å². The fraction of sp³-hybridized carbons (Fsp3) is 0.462. The van der Waals surface area contributed by atoms with E-state index in [2.05, 4.69) is 26.0 Å². The zero-order valence-corrected chi connectivity index (χ0v) is 12.9. The van der Waals surface area contributed by atoms with Crippen molar-refractivity contribution in [3.63, 3.8) is 0 Å². The summed E-state index contributed by atoms with van der Waals surface area (Å²) in [5.74, 6) is 1.13. The summed E-state index contributed by atoms with van der Waals surface area (Å²) in [6.07, 6.45) is 0.349. The van der Waals surface area contributed by atoms with E-state index < -0.39 is 0 Å². The fourth-order valence-corrected chi connectivity index (χ4v) is 2.01. The zero-order valence-electron chi connectivity index (χ0n) is 11.3. The Hall–Kier alpha value is -1.27. The maximum absolute atomic E-state index is 11.0. The molecule has 0 aliphatic rings. The summed E-state index contributed by atoms with van der Waals surface area (Å²) in [7, 11) is 4.58. The maximum Gasteiger partial charge on any atom is 0.306 e. The quantitative estimate of drug-likeness (QED) is 0.612. The fourth-order valence-electron chi connectivity index (χ4n) is 1.55. The first-order valence-electron chi connectivity index (χ1n) is 5.80. The Morgan fingerprint density at radius 2 is 1.84 bits per heavy atom. The van der Waals surface area contributed by atoms with Gasteiger partial charge in [0.15, 0.2) is 11.5 Å². The number of carbonyl (C=O) groups excluding carboxylic acids is 1. The molecule has 0 fully saturated rings. The van der Waals surface area contributed by atoms with E-state index in [4.69, 9.17) is 9.47 Å². The summed E-state index contributed by atoms with van der Waals surface area (Å²) in [6.45, 7) is 1.19. The highest BCUT2D eigenvalue weighted by atomic mass is 79.9. The Morgan fingerprint density at radius 1 is 1.21 bits per heavy atom. The van der Waals surface area contributed by atoms with E-state index in [9.17, 15) is 4.79 Å². The van der Waals surface area contributed by atoms with Crippen molar-refractivity contribution < 1.29 is 19.0 Å². The SMILES string of the molecule is COC(=O)CCNCc1cc(OC)c(OC)cc1Br. The monoisotopic (exact) mass is 331 g/mol. The highest BCUT2D eigenvalue weighted by Crippen LogP contribution is 2.33. The van der Waals surface area contributed by atoms with Crippen molar-refractivity contribution >= 4 is 21.9 Å². The van der Waals surface area contributed by atoms with Crippen molar-refractivity contribution in [2.45, 2.75) is 13.0 Å². The Kier molecular flexibility index (Phi) is 6.66. The summed E-state index contributed by atoms with van der Waals surface area (Å²) in [5.41, 5.74) is 1.03. The molecule has 1 N–H and O–H groups in total. The number of benzene rings is 1. The minimum atomic E-state index is -0.223. The van der Waals surface area contributed by atoms with E-state index >= 15 is 0 Å². The smallest absolute Gasteiger partial charge is 0.306 e. The van der Waals surface area contributed by atoms with E-state index in [0.29, 0.717) is 31.0 Å². The van der Waals surface area contributed by atoms with E-state index in [1.165, 1.54) is 7.11 Å². The summed E-state index contributed by atoms with van der Waals surface area (Å²) in [5, 5.41) is 3.17. The molecule has 0 amide bonds. The molecule has 0 saturated heterocycles. The molecule has 1 rings (SSSR count). The van der Waals surface area contributed by atoms with Gasteiger partial charge in [0, 0.05) is 17.6 Å². The lowest BCUT2D eigenvalue weighted by Crippen LogP contribution is -2.18. The summed E-state index contributed by atoms with van der Waals surface area (Å²) < 4.78 is 15.9. The van der Waals surface area contributed by atoms with Crippen LogP contribution >= 0.6 is 15.9 Å². The molecule has 0 saturated carbocycles. The van der Waals surface area contributed by atoms with Gasteiger partial charge in [-0.1, -0.05) is 15.9 Å². The van der Waals surface area contributed by atoms with Gasteiger partial charge in [-0.25, -0.2) is 0 Å². The Morgan fingerprint density at radius 3 is 2.42 bits per heavy atom. The third kappa shape index (κ3) is 4.72. The molecule has 1 aromatic carbocycles. The van der Waals surface area contributed by atoms with Crippen molar-refractivity contribution in [3.8, 4) is 11.5 Å². The first-order valence-corrected chi connectivity index (χ1v) is 6.59. The molecule has 19 heavy (non-hydrogen) atoms. The third-order valence-corrected chi connectivity index (χ3v) is 3.34. The van der Waals surface area contributed by atoms with Crippen molar-refractivity contribution in [2.24, 2.45) is 0 Å². The predicted molar refractivity (Wildman–Crippen MR) is 75.6 cm³/mol. The number of methoxy groups -OCH3 is 3. The number of hydrogen-bond donors (Lipinski definition) is 1. The molecule has 6 heteroatoms. The number of esters is 1. The van der Waals surface area contributed by atoms with E-state index in [0.717, 1.165) is 10.0 Å². The van der Waals surface area contributed by atoms with Crippen LogP contribution in [-0.4, -0.2) is 33.8 Å². The summed E-state index contributed by atoms with van der Waals surface area (Å²) >= 11 is 3.48. The zero-order chi connectivity index (χ0) is 14.3. The van der Waals surface area contributed by atoms with Crippen LogP contribution < -0.4 is 14.8 Å². The Balaban J connectivity index is 2.60. The minimum absolute atomic E-state index is 0.223. The minimum Gasteiger partial charge on any atom is -0.493 e. The molecule has 0 aliphatic carbocycles. The second-order valence-electron chi connectivity index (χ2n) is 3.80. The van der Waals surface area contributed by atoms with Crippen molar-refractivity contribution in [1.82, 2.24) is 5.32 Å². The lowest BCUT2D eigenvalue weighted by molar-refractivity contribution is -0.140. The highest BCUT2D eigenvalue weighted by molar-refractivity contribution is 9.10. The number of halogens is 1. The lowest BCUT2D eigenvalue weighted by atomic mass is 10.2. The number of rotatable bonds is 7. The molecule has 0 unspecified atom stereocenters. The van der Waals surface area contributed by atoms with Crippen LogP contribution in [0.3, 0.4) is 0 Å². The second-order valence-corrected chi connectivity index (χ2v) is 4.66. The largest absolute Gasteiger partial charge is 0.493 e. The molecule has 5 nitrogen and oxygen atoms in total. The first-order chi connectivity index (χ1) is 9.12. The van der Waals surface area contributed by atoms with Crippen molar-refractivity contribution in [3.05, 3.63) is 22.2 Å². The Labute approximate surface area is 121 Å². The maximum atomic E-state index is 11.0. The average molecular weight is 332 g/mol. The molecule has 0 aliphatic heterocycles. The van der Waals surface area contributed by atoms with Crippen LogP contribution in [0.1, 0.15) is 12.0 Å². The summed E-state index contributed by atoms with van der Waals surface area (Å²) in [4.78, 5) is 11.0. The topological polar surface area (TPSA) is 56.8 Å². The molecule has 0 heterocycles. The number of hydrogen-bond acceptors (Lipinski definition) is 5. The van der Waals surface area contributed by atoms with E-state index in [-0.39, 0.29) is 5.97 Å². The third-order valence-electron chi connectivity index (χ3n) is 2.60. The van der Waals surface area contributed by atoms with Crippen LogP contribution in [0, 0.1) is 0 Å².